The number of para-hydroxylation sites is 1. The zero-order valence-corrected chi connectivity index (χ0v) is 24.7. The number of carbonyl (C=O) groups is 3. The standard InChI is InChI=1S/C27H21Br2Cl2N3O4/c1-2-16-5-3-4-6-22(16)32-24(35)13-34-26(36)23(33-27(34)37)11-15-9-19(28)25(20(29)10-15)38-14-17-7-8-18(30)12-21(17)31/h3-12H,2,13-14H2,1H3,(H,32,35)(H,33,37)/b23-11+. The molecule has 0 saturated carbocycles. The number of rotatable bonds is 8. The van der Waals surface area contributed by atoms with E-state index in [4.69, 9.17) is 27.9 Å². The topological polar surface area (TPSA) is 87.7 Å². The Morgan fingerprint density at radius 2 is 1.76 bits per heavy atom. The van der Waals surface area contributed by atoms with Gasteiger partial charge in [0.25, 0.3) is 5.91 Å². The van der Waals surface area contributed by atoms with Gasteiger partial charge in [0.05, 0.1) is 8.95 Å². The Bertz CT molecular complexity index is 1440. The van der Waals surface area contributed by atoms with Gasteiger partial charge in [-0.1, -0.05) is 54.4 Å². The van der Waals surface area contributed by atoms with E-state index in [1.54, 1.807) is 36.4 Å². The van der Waals surface area contributed by atoms with Crippen LogP contribution in [-0.2, 0) is 22.6 Å². The van der Waals surface area contributed by atoms with Crippen molar-refractivity contribution in [3.05, 3.63) is 96.0 Å². The Morgan fingerprint density at radius 1 is 1.05 bits per heavy atom. The second-order valence-electron chi connectivity index (χ2n) is 8.28. The van der Waals surface area contributed by atoms with Crippen molar-refractivity contribution in [1.29, 1.82) is 0 Å². The van der Waals surface area contributed by atoms with E-state index in [1.807, 2.05) is 25.1 Å². The van der Waals surface area contributed by atoms with E-state index in [2.05, 4.69) is 42.5 Å². The highest BCUT2D eigenvalue weighted by Gasteiger charge is 2.35. The maximum Gasteiger partial charge on any atom is 0.329 e. The molecule has 0 atom stereocenters. The molecule has 0 radical (unpaired) electrons. The van der Waals surface area contributed by atoms with Crippen molar-refractivity contribution in [1.82, 2.24) is 10.2 Å². The minimum Gasteiger partial charge on any atom is -0.486 e. The Kier molecular flexibility index (Phi) is 9.15. The summed E-state index contributed by atoms with van der Waals surface area (Å²) in [6.45, 7) is 1.78. The maximum atomic E-state index is 12.9. The molecule has 4 amide bonds. The van der Waals surface area contributed by atoms with E-state index in [0.717, 1.165) is 22.4 Å². The number of benzene rings is 3. The van der Waals surface area contributed by atoms with Crippen molar-refractivity contribution in [2.75, 3.05) is 11.9 Å². The fourth-order valence-corrected chi connectivity index (χ4v) is 5.67. The average molecular weight is 682 g/mol. The number of urea groups is 1. The molecule has 0 unspecified atom stereocenters. The Morgan fingerprint density at radius 3 is 2.45 bits per heavy atom. The Hall–Kier alpha value is -2.85. The third-order valence-electron chi connectivity index (χ3n) is 5.66. The van der Waals surface area contributed by atoms with Crippen molar-refractivity contribution < 1.29 is 19.1 Å². The predicted molar refractivity (Wildman–Crippen MR) is 155 cm³/mol. The van der Waals surface area contributed by atoms with Crippen LogP contribution in [0.3, 0.4) is 0 Å². The van der Waals surface area contributed by atoms with Gasteiger partial charge in [0.1, 0.15) is 24.6 Å². The minimum atomic E-state index is -0.668. The summed E-state index contributed by atoms with van der Waals surface area (Å²) in [6.07, 6.45) is 2.26. The van der Waals surface area contributed by atoms with Gasteiger partial charge in [-0.05, 0) is 85.8 Å². The van der Waals surface area contributed by atoms with Gasteiger partial charge in [-0.3, -0.25) is 9.59 Å². The van der Waals surface area contributed by atoms with Crippen molar-refractivity contribution in [3.63, 3.8) is 0 Å². The number of imide groups is 1. The van der Waals surface area contributed by atoms with Crippen molar-refractivity contribution >= 4 is 84.7 Å². The molecule has 1 fully saturated rings. The Balaban J connectivity index is 1.45. The van der Waals surface area contributed by atoms with Crippen LogP contribution in [0.5, 0.6) is 5.75 Å². The lowest BCUT2D eigenvalue weighted by atomic mass is 10.1. The molecular formula is C27H21Br2Cl2N3O4. The highest BCUT2D eigenvalue weighted by molar-refractivity contribution is 9.11. The molecule has 2 N–H and O–H groups in total. The molecule has 3 aromatic rings. The SMILES string of the molecule is CCc1ccccc1NC(=O)CN1C(=O)N/C(=C/c2cc(Br)c(OCc3ccc(Cl)cc3Cl)c(Br)c2)C1=O. The van der Waals surface area contributed by atoms with Crippen LogP contribution in [0, 0.1) is 0 Å². The van der Waals surface area contributed by atoms with Crippen LogP contribution in [0.4, 0.5) is 10.5 Å². The van der Waals surface area contributed by atoms with Gasteiger partial charge in [0.2, 0.25) is 5.91 Å². The van der Waals surface area contributed by atoms with Gasteiger partial charge in [-0.25, -0.2) is 9.69 Å². The minimum absolute atomic E-state index is 0.0529. The molecule has 1 aliphatic heterocycles. The van der Waals surface area contributed by atoms with Crippen LogP contribution < -0.4 is 15.4 Å². The summed E-state index contributed by atoms with van der Waals surface area (Å²) in [4.78, 5) is 38.8. The molecule has 3 aromatic carbocycles. The molecule has 0 bridgehead atoms. The fourth-order valence-electron chi connectivity index (χ4n) is 3.76. The van der Waals surface area contributed by atoms with Crippen molar-refractivity contribution in [3.8, 4) is 5.75 Å². The average Bonchev–Trinajstić information content (AvgIpc) is 3.12. The molecule has 7 nitrogen and oxygen atoms in total. The number of anilines is 1. The molecule has 1 saturated heterocycles. The molecule has 0 aromatic heterocycles. The normalized spacial score (nSPS) is 14.1. The van der Waals surface area contributed by atoms with E-state index in [-0.39, 0.29) is 12.3 Å². The number of nitrogens with zero attached hydrogens (tertiary/aromatic N) is 1. The third-order valence-corrected chi connectivity index (χ3v) is 7.42. The van der Waals surface area contributed by atoms with Crippen LogP contribution in [-0.4, -0.2) is 29.3 Å². The monoisotopic (exact) mass is 679 g/mol. The largest absolute Gasteiger partial charge is 0.486 e. The lowest BCUT2D eigenvalue weighted by Gasteiger charge is -2.14. The number of ether oxygens (including phenoxy) is 1. The van der Waals surface area contributed by atoms with E-state index >= 15 is 0 Å². The number of hydrogen-bond acceptors (Lipinski definition) is 4. The second kappa shape index (κ2) is 12.3. The lowest BCUT2D eigenvalue weighted by Crippen LogP contribution is -2.38. The van der Waals surface area contributed by atoms with E-state index in [9.17, 15) is 14.4 Å². The summed E-state index contributed by atoms with van der Waals surface area (Å²) in [7, 11) is 0. The molecule has 1 heterocycles. The molecule has 196 valence electrons. The van der Waals surface area contributed by atoms with Crippen LogP contribution >= 0.6 is 55.1 Å². The molecule has 38 heavy (non-hydrogen) atoms. The van der Waals surface area contributed by atoms with Crippen LogP contribution in [0.1, 0.15) is 23.6 Å². The summed E-state index contributed by atoms with van der Waals surface area (Å²) < 4.78 is 7.17. The summed E-state index contributed by atoms with van der Waals surface area (Å²) in [5, 5.41) is 6.34. The zero-order valence-electron chi connectivity index (χ0n) is 20.0. The number of aryl methyl sites for hydroxylation is 1. The summed E-state index contributed by atoms with van der Waals surface area (Å²) in [5.74, 6) is -0.534. The Labute approximate surface area is 246 Å². The zero-order chi connectivity index (χ0) is 27.4. The van der Waals surface area contributed by atoms with Gasteiger partial charge in [0.15, 0.2) is 0 Å². The van der Waals surface area contributed by atoms with E-state index in [1.165, 1.54) is 6.08 Å². The number of carbonyl (C=O) groups excluding carboxylic acids is 3. The first-order valence-electron chi connectivity index (χ1n) is 11.4. The summed E-state index contributed by atoms with van der Waals surface area (Å²) >= 11 is 19.2. The van der Waals surface area contributed by atoms with Gasteiger partial charge < -0.3 is 15.4 Å². The summed E-state index contributed by atoms with van der Waals surface area (Å²) in [5.41, 5.74) is 3.05. The number of amides is 4. The highest BCUT2D eigenvalue weighted by atomic mass is 79.9. The third kappa shape index (κ3) is 6.58. The first-order chi connectivity index (χ1) is 18.2. The van der Waals surface area contributed by atoms with Crippen molar-refractivity contribution in [2.24, 2.45) is 0 Å². The maximum absolute atomic E-state index is 12.9. The fraction of sp³-hybridized carbons (Fsp3) is 0.148. The van der Waals surface area contributed by atoms with Gasteiger partial charge in [-0.2, -0.15) is 0 Å². The number of halogens is 4. The van der Waals surface area contributed by atoms with Crippen LogP contribution in [0.25, 0.3) is 6.08 Å². The first-order valence-corrected chi connectivity index (χ1v) is 13.8. The molecule has 0 aliphatic carbocycles. The van der Waals surface area contributed by atoms with Gasteiger partial charge in [-0.15, -0.1) is 0 Å². The first kappa shape index (κ1) is 28.2. The molecule has 0 spiro atoms. The van der Waals surface area contributed by atoms with E-state index < -0.39 is 24.4 Å². The molecule has 4 rings (SSSR count). The molecular weight excluding hydrogens is 661 g/mol. The predicted octanol–water partition coefficient (Wildman–Crippen LogP) is 7.19. The van der Waals surface area contributed by atoms with Crippen LogP contribution in [0.15, 0.2) is 69.2 Å². The quantitative estimate of drug-likeness (QED) is 0.195. The smallest absolute Gasteiger partial charge is 0.329 e. The number of hydrogen-bond donors (Lipinski definition) is 2. The number of nitrogens with one attached hydrogen (secondary N) is 2. The second-order valence-corrected chi connectivity index (χ2v) is 10.8. The summed E-state index contributed by atoms with van der Waals surface area (Å²) in [6, 6.07) is 15.4. The molecule has 11 heteroatoms. The van der Waals surface area contributed by atoms with Gasteiger partial charge in [0, 0.05) is 21.3 Å². The van der Waals surface area contributed by atoms with Crippen molar-refractivity contribution in [2.45, 2.75) is 20.0 Å². The van der Waals surface area contributed by atoms with E-state index in [0.29, 0.717) is 36.0 Å². The lowest BCUT2D eigenvalue weighted by molar-refractivity contribution is -0.127. The van der Waals surface area contributed by atoms with Gasteiger partial charge >= 0.3 is 6.03 Å². The molecule has 1 aliphatic rings. The van der Waals surface area contributed by atoms with Crippen LogP contribution in [0.2, 0.25) is 10.0 Å². The highest BCUT2D eigenvalue weighted by Crippen LogP contribution is 2.36.